The van der Waals surface area contributed by atoms with E-state index in [9.17, 15) is 15.0 Å². The molecular formula is C29H39NO3. The minimum absolute atomic E-state index is 0.00533. The molecule has 33 heavy (non-hydrogen) atoms. The maximum absolute atomic E-state index is 12.4. The van der Waals surface area contributed by atoms with Gasteiger partial charge in [0.1, 0.15) is 12.2 Å². The van der Waals surface area contributed by atoms with Gasteiger partial charge in [0.15, 0.2) is 0 Å². The highest BCUT2D eigenvalue weighted by atomic mass is 16.3. The number of hydrogen-bond acceptors (Lipinski definition) is 3. The molecule has 0 aromatic rings. The third-order valence-electron chi connectivity index (χ3n) is 4.80. The summed E-state index contributed by atoms with van der Waals surface area (Å²) in [5.74, 6) is -0.153. The molecule has 4 nitrogen and oxygen atoms in total. The number of aliphatic hydroxyl groups is 2. The highest BCUT2D eigenvalue weighted by Crippen LogP contribution is 2.06. The van der Waals surface area contributed by atoms with Crippen molar-refractivity contribution in [3.8, 4) is 0 Å². The molecule has 0 spiro atoms. The molecular weight excluding hydrogens is 410 g/mol. The first-order valence-corrected chi connectivity index (χ1v) is 11.6. The smallest absolute Gasteiger partial charge is 0.244 e. The van der Waals surface area contributed by atoms with E-state index in [0.29, 0.717) is 0 Å². The van der Waals surface area contributed by atoms with Crippen molar-refractivity contribution in [2.75, 3.05) is 0 Å². The topological polar surface area (TPSA) is 69.6 Å². The quantitative estimate of drug-likeness (QED) is 0.480. The van der Waals surface area contributed by atoms with Crippen LogP contribution in [0.3, 0.4) is 0 Å². The summed E-state index contributed by atoms with van der Waals surface area (Å²) in [6, 6.07) is -0.00533. The highest BCUT2D eigenvalue weighted by Gasteiger charge is 2.09. The molecule has 0 fully saturated rings. The summed E-state index contributed by atoms with van der Waals surface area (Å²) in [4.78, 5) is 12.4. The van der Waals surface area contributed by atoms with Gasteiger partial charge >= 0.3 is 0 Å². The van der Waals surface area contributed by atoms with Crippen molar-refractivity contribution < 1.29 is 15.0 Å². The number of unbranched alkanes of at least 4 members (excludes halogenated alkanes) is 1. The van der Waals surface area contributed by atoms with Crippen LogP contribution >= 0.6 is 0 Å². The van der Waals surface area contributed by atoms with Gasteiger partial charge in [-0.3, -0.25) is 4.79 Å². The van der Waals surface area contributed by atoms with Gasteiger partial charge in [-0.25, -0.2) is 0 Å². The highest BCUT2D eigenvalue weighted by molar-refractivity contribution is 5.88. The molecule has 4 heteroatoms. The number of rotatable bonds is 5. The van der Waals surface area contributed by atoms with Crippen LogP contribution in [0.25, 0.3) is 0 Å². The van der Waals surface area contributed by atoms with Crippen LogP contribution in [0.15, 0.2) is 108 Å². The fraction of sp³-hybridized carbons (Fsp3) is 0.345. The zero-order chi connectivity index (χ0) is 24.3. The van der Waals surface area contributed by atoms with E-state index in [0.717, 1.165) is 36.8 Å². The minimum atomic E-state index is -1.01. The van der Waals surface area contributed by atoms with Crippen LogP contribution in [0.1, 0.15) is 46.5 Å². The lowest BCUT2D eigenvalue weighted by Crippen LogP contribution is -2.32. The van der Waals surface area contributed by atoms with Crippen molar-refractivity contribution in [2.24, 2.45) is 0 Å². The van der Waals surface area contributed by atoms with E-state index in [1.165, 1.54) is 6.08 Å². The first kappa shape index (κ1) is 28.1. The number of carbonyl (C=O) groups excluding carboxylic acids is 1. The summed E-state index contributed by atoms with van der Waals surface area (Å²) in [7, 11) is 0. The normalized spacial score (nSPS) is 31.7. The summed E-state index contributed by atoms with van der Waals surface area (Å²) < 4.78 is 0. The molecule has 0 aromatic carbocycles. The maximum Gasteiger partial charge on any atom is 0.244 e. The molecule has 0 radical (unpaired) electrons. The van der Waals surface area contributed by atoms with Crippen LogP contribution in [0.4, 0.5) is 0 Å². The van der Waals surface area contributed by atoms with E-state index >= 15 is 0 Å². The average molecular weight is 450 g/mol. The number of amides is 1. The van der Waals surface area contributed by atoms with Crippen molar-refractivity contribution >= 4 is 5.91 Å². The lowest BCUT2D eigenvalue weighted by molar-refractivity contribution is -0.117. The summed E-state index contributed by atoms with van der Waals surface area (Å²) in [6.45, 7) is 5.96. The van der Waals surface area contributed by atoms with Gasteiger partial charge in [-0.15, -0.1) is 0 Å². The Balaban J connectivity index is 2.99. The Morgan fingerprint density at radius 2 is 1.64 bits per heavy atom. The maximum atomic E-state index is 12.4. The third-order valence-corrected chi connectivity index (χ3v) is 4.80. The van der Waals surface area contributed by atoms with E-state index < -0.39 is 12.2 Å². The lowest BCUT2D eigenvalue weighted by atomic mass is 10.1. The van der Waals surface area contributed by atoms with Crippen molar-refractivity contribution in [3.05, 3.63) is 108 Å². The molecule has 1 heterocycles. The van der Waals surface area contributed by atoms with E-state index in [4.69, 9.17) is 0 Å². The second-order valence-electron chi connectivity index (χ2n) is 8.01. The first-order chi connectivity index (χ1) is 15.9. The molecule has 0 unspecified atom stereocenters. The molecule has 1 amide bonds. The second kappa shape index (κ2) is 17.6. The van der Waals surface area contributed by atoms with Gasteiger partial charge in [-0.05, 0) is 33.1 Å². The zero-order valence-corrected chi connectivity index (χ0v) is 20.1. The third kappa shape index (κ3) is 14.7. The molecule has 0 aliphatic carbocycles. The molecule has 0 saturated carbocycles. The van der Waals surface area contributed by atoms with Crippen LogP contribution < -0.4 is 5.32 Å². The molecule has 1 rings (SSSR count). The molecule has 0 bridgehead atoms. The summed E-state index contributed by atoms with van der Waals surface area (Å²) >= 11 is 0. The fourth-order valence-electron chi connectivity index (χ4n) is 2.92. The van der Waals surface area contributed by atoms with Crippen molar-refractivity contribution in [1.29, 1.82) is 0 Å². The van der Waals surface area contributed by atoms with Gasteiger partial charge in [0.05, 0.1) is 0 Å². The van der Waals surface area contributed by atoms with Crippen LogP contribution in [-0.2, 0) is 4.79 Å². The summed E-state index contributed by atoms with van der Waals surface area (Å²) in [5.41, 5.74) is 1.83. The molecule has 1 aliphatic rings. The molecule has 0 saturated heterocycles. The van der Waals surface area contributed by atoms with Gasteiger partial charge in [0.25, 0.3) is 0 Å². The van der Waals surface area contributed by atoms with Gasteiger partial charge in [-0.1, -0.05) is 116 Å². The Kier molecular flexibility index (Phi) is 15.0. The number of carbonyl (C=O) groups is 1. The molecule has 178 valence electrons. The van der Waals surface area contributed by atoms with Crippen LogP contribution in [0, 0.1) is 0 Å². The predicted molar refractivity (Wildman–Crippen MR) is 140 cm³/mol. The fourth-order valence-corrected chi connectivity index (χ4v) is 2.92. The zero-order valence-electron chi connectivity index (χ0n) is 20.1. The predicted octanol–water partition coefficient (Wildman–Crippen LogP) is 5.57. The Morgan fingerprint density at radius 1 is 0.939 bits per heavy atom. The van der Waals surface area contributed by atoms with Gasteiger partial charge in [0, 0.05) is 12.1 Å². The molecule has 3 atom stereocenters. The van der Waals surface area contributed by atoms with Gasteiger partial charge < -0.3 is 15.5 Å². The van der Waals surface area contributed by atoms with Crippen LogP contribution in [0.2, 0.25) is 0 Å². The van der Waals surface area contributed by atoms with Crippen molar-refractivity contribution in [1.82, 2.24) is 5.32 Å². The largest absolute Gasteiger partial charge is 0.386 e. The number of allylic oxidation sites excluding steroid dienone is 13. The SMILES string of the molecule is CCC/C=C/C=C/C[C@@H]1C/C=C/C=C(C)/C=C/C=C/[C@H](O)[C@H](O)\C=C(C)/C=C\C=C/C(=O)N1. The van der Waals surface area contributed by atoms with Gasteiger partial charge in [0.2, 0.25) is 5.91 Å². The number of hydrogen-bond donors (Lipinski definition) is 3. The Labute approximate surface area is 199 Å². The first-order valence-electron chi connectivity index (χ1n) is 11.6. The monoisotopic (exact) mass is 449 g/mol. The number of aliphatic hydroxyl groups excluding tert-OH is 2. The Hall–Kier alpha value is -2.95. The van der Waals surface area contributed by atoms with Gasteiger partial charge in [-0.2, -0.15) is 0 Å². The molecule has 1 aliphatic heterocycles. The average Bonchev–Trinajstić information content (AvgIpc) is 2.78. The number of nitrogens with one attached hydrogen (secondary N) is 1. The van der Waals surface area contributed by atoms with E-state index in [-0.39, 0.29) is 11.9 Å². The van der Waals surface area contributed by atoms with Crippen molar-refractivity contribution in [2.45, 2.75) is 64.7 Å². The van der Waals surface area contributed by atoms with Crippen molar-refractivity contribution in [3.63, 3.8) is 0 Å². The van der Waals surface area contributed by atoms with Crippen LogP contribution in [-0.4, -0.2) is 34.4 Å². The summed E-state index contributed by atoms with van der Waals surface area (Å²) in [5, 5.41) is 23.2. The molecule has 3 N–H and O–H groups in total. The Morgan fingerprint density at radius 3 is 2.42 bits per heavy atom. The minimum Gasteiger partial charge on any atom is -0.386 e. The van der Waals surface area contributed by atoms with E-state index in [2.05, 4.69) is 36.5 Å². The summed E-state index contributed by atoms with van der Waals surface area (Å²) in [6.07, 6.45) is 31.3. The standard InChI is InChI=1S/C29H39NO3/c1-4-5-6-7-8-9-19-26-20-13-10-16-24(2)17-11-14-21-27(31)28(32)23-25(3)18-12-15-22-29(33)30-26/h6-18,21-23,26-28,31-32H,4-5,19-20H2,1-3H3,(H,30,33)/b7-6+,9-8+,13-10+,17-11+,18-12-,21-14+,22-15-,24-16+,25-23-/t26-,27+,28-/m1/s1. The second-order valence-corrected chi connectivity index (χ2v) is 8.01. The Bertz CT molecular complexity index is 850. The van der Waals surface area contributed by atoms with E-state index in [1.807, 2.05) is 44.2 Å². The van der Waals surface area contributed by atoms with Crippen LogP contribution in [0.5, 0.6) is 0 Å². The lowest BCUT2D eigenvalue weighted by Gasteiger charge is -2.14. The molecule has 0 aromatic heterocycles. The van der Waals surface area contributed by atoms with E-state index in [1.54, 1.807) is 36.5 Å².